The molecule has 50 heavy (non-hydrogen) atoms. The van der Waals surface area contributed by atoms with E-state index in [1.807, 2.05) is 73.7 Å². The van der Waals surface area contributed by atoms with Crippen LogP contribution in [0.4, 0.5) is 18.9 Å². The monoisotopic (exact) mass is 702 g/mol. The second kappa shape index (κ2) is 13.7. The van der Waals surface area contributed by atoms with Gasteiger partial charge in [-0.05, 0) is 65.0 Å². The van der Waals surface area contributed by atoms with Crippen LogP contribution in [0.1, 0.15) is 57.0 Å². The average Bonchev–Trinajstić information content (AvgIpc) is 3.77. The standard InChI is InChI=1S/C39H45F3N4O3Si/c1-26-17-27-18-34-35(48-25-47-34)20-32(27)37(36-33(40)19-29(22-44-36)45-28-15-16-43-21-28)46(26)23-39(41,42)24-49-50(38(2,3)4,30-11-7-5-8-12-30)31-13-9-6-10-14-31/h5-14,18-20,22,26,28,37,43,45H,15-17,21,23-25H2,1-4H3/t26-,28?,37+/m1/s1. The molecule has 11 heteroatoms. The summed E-state index contributed by atoms with van der Waals surface area (Å²) in [6, 6.07) is 23.6. The second-order valence-electron chi connectivity index (χ2n) is 14.8. The predicted octanol–water partition coefficient (Wildman–Crippen LogP) is 6.27. The summed E-state index contributed by atoms with van der Waals surface area (Å²) in [5, 5.41) is 8.03. The molecular weight excluding hydrogens is 658 g/mol. The lowest BCUT2D eigenvalue weighted by Crippen LogP contribution is -2.67. The van der Waals surface area contributed by atoms with Crippen molar-refractivity contribution in [2.24, 2.45) is 0 Å². The van der Waals surface area contributed by atoms with Crippen LogP contribution in [-0.4, -0.2) is 69.2 Å². The number of aromatic nitrogens is 1. The summed E-state index contributed by atoms with van der Waals surface area (Å²) in [6.45, 7) is 8.40. The highest BCUT2D eigenvalue weighted by atomic mass is 28.4. The first-order valence-corrected chi connectivity index (χ1v) is 19.3. The fraction of sp³-hybridized carbons (Fsp3) is 0.410. The van der Waals surface area contributed by atoms with Crippen molar-refractivity contribution in [2.45, 2.75) is 69.6 Å². The van der Waals surface area contributed by atoms with Gasteiger partial charge in [-0.25, -0.2) is 13.2 Å². The van der Waals surface area contributed by atoms with Gasteiger partial charge >= 0.3 is 0 Å². The van der Waals surface area contributed by atoms with Crippen molar-refractivity contribution in [1.29, 1.82) is 0 Å². The van der Waals surface area contributed by atoms with Crippen molar-refractivity contribution in [3.63, 3.8) is 0 Å². The van der Waals surface area contributed by atoms with Crippen molar-refractivity contribution in [1.82, 2.24) is 15.2 Å². The van der Waals surface area contributed by atoms with E-state index in [4.69, 9.17) is 13.9 Å². The number of nitrogens with one attached hydrogen (secondary N) is 2. The van der Waals surface area contributed by atoms with Gasteiger partial charge in [0.1, 0.15) is 5.82 Å². The van der Waals surface area contributed by atoms with Gasteiger partial charge in [-0.15, -0.1) is 0 Å². The van der Waals surface area contributed by atoms with Gasteiger partial charge in [-0.3, -0.25) is 9.88 Å². The normalized spacial score (nSPS) is 20.9. The molecule has 0 saturated carbocycles. The summed E-state index contributed by atoms with van der Waals surface area (Å²) in [6.07, 6.45) is 3.00. The number of anilines is 1. The van der Waals surface area contributed by atoms with Crippen molar-refractivity contribution in [3.8, 4) is 11.5 Å². The maximum Gasteiger partial charge on any atom is 0.282 e. The van der Waals surface area contributed by atoms with Crippen LogP contribution >= 0.6 is 0 Å². The SMILES string of the molecule is C[C@@H]1Cc2cc3c(cc2[C@@H](c2ncc(NC4CCNC4)cc2F)N1CC(F)(F)CO[Si](c1ccccc1)(c1ccccc1)C(C)(C)C)OCO3. The maximum absolute atomic E-state index is 16.7. The number of hydrogen-bond acceptors (Lipinski definition) is 7. The molecule has 2 N–H and O–H groups in total. The maximum atomic E-state index is 16.7. The lowest BCUT2D eigenvalue weighted by molar-refractivity contribution is -0.0824. The molecule has 1 fully saturated rings. The Morgan fingerprint density at radius 3 is 2.24 bits per heavy atom. The minimum atomic E-state index is -3.29. The molecule has 3 aromatic carbocycles. The van der Waals surface area contributed by atoms with Gasteiger partial charge in [0, 0.05) is 24.7 Å². The summed E-state index contributed by atoms with van der Waals surface area (Å²) in [4.78, 5) is 6.29. The average molecular weight is 703 g/mol. The van der Waals surface area contributed by atoms with Gasteiger partial charge in [-0.1, -0.05) is 81.4 Å². The molecule has 0 aliphatic carbocycles. The number of pyridine rings is 1. The van der Waals surface area contributed by atoms with Crippen LogP contribution in [0.3, 0.4) is 0 Å². The largest absolute Gasteiger partial charge is 0.454 e. The summed E-state index contributed by atoms with van der Waals surface area (Å²) in [7, 11) is -3.24. The lowest BCUT2D eigenvalue weighted by atomic mass is 9.86. The van der Waals surface area contributed by atoms with Crippen LogP contribution < -0.4 is 30.5 Å². The molecule has 4 aromatic rings. The van der Waals surface area contributed by atoms with Crippen molar-refractivity contribution in [2.75, 3.05) is 38.4 Å². The molecule has 3 atom stereocenters. The van der Waals surface area contributed by atoms with Crippen molar-refractivity contribution in [3.05, 3.63) is 108 Å². The van der Waals surface area contributed by atoms with Crippen LogP contribution in [0.25, 0.3) is 0 Å². The van der Waals surface area contributed by atoms with E-state index in [2.05, 4.69) is 36.4 Å². The molecule has 0 amide bonds. The molecule has 0 bridgehead atoms. The molecule has 1 unspecified atom stereocenters. The first-order valence-electron chi connectivity index (χ1n) is 17.4. The number of benzene rings is 3. The fourth-order valence-electron chi connectivity index (χ4n) is 7.88. The number of fused-ring (bicyclic) bond motifs is 2. The Balaban J connectivity index is 1.24. The van der Waals surface area contributed by atoms with E-state index in [0.717, 1.165) is 35.4 Å². The van der Waals surface area contributed by atoms with Gasteiger partial charge in [0.15, 0.2) is 11.5 Å². The lowest BCUT2D eigenvalue weighted by Gasteiger charge is -2.45. The molecule has 3 aliphatic rings. The molecule has 1 saturated heterocycles. The Morgan fingerprint density at radius 2 is 1.64 bits per heavy atom. The summed E-state index contributed by atoms with van der Waals surface area (Å²) < 4.78 is 67.6. The van der Waals surface area contributed by atoms with E-state index in [-0.39, 0.29) is 24.6 Å². The first kappa shape index (κ1) is 34.5. The fourth-order valence-corrected chi connectivity index (χ4v) is 12.5. The Labute approximate surface area is 293 Å². The van der Waals surface area contributed by atoms with Crippen molar-refractivity contribution < 1.29 is 27.1 Å². The topological polar surface area (TPSA) is 67.9 Å². The quantitative estimate of drug-likeness (QED) is 0.189. The van der Waals surface area contributed by atoms with Gasteiger partial charge in [0.2, 0.25) is 6.79 Å². The second-order valence-corrected chi connectivity index (χ2v) is 19.1. The molecule has 0 spiro atoms. The van der Waals surface area contributed by atoms with E-state index in [9.17, 15) is 0 Å². The van der Waals surface area contributed by atoms with Crippen LogP contribution in [0.5, 0.6) is 11.5 Å². The number of rotatable bonds is 10. The number of nitrogens with zero attached hydrogens (tertiary/aromatic N) is 2. The smallest absolute Gasteiger partial charge is 0.282 e. The van der Waals surface area contributed by atoms with Crippen LogP contribution in [0.15, 0.2) is 85.1 Å². The number of ether oxygens (including phenoxy) is 2. The molecule has 4 heterocycles. The van der Waals surface area contributed by atoms with Crippen LogP contribution in [0.2, 0.25) is 5.04 Å². The van der Waals surface area contributed by atoms with Gasteiger partial charge < -0.3 is 24.5 Å². The van der Waals surface area contributed by atoms with E-state index < -0.39 is 44.3 Å². The van der Waals surface area contributed by atoms with Crippen LogP contribution in [0, 0.1) is 5.82 Å². The van der Waals surface area contributed by atoms with Gasteiger partial charge in [0.05, 0.1) is 36.8 Å². The summed E-state index contributed by atoms with van der Waals surface area (Å²) in [5.41, 5.74) is 2.24. The Kier molecular flexibility index (Phi) is 9.44. The molecule has 3 aliphatic heterocycles. The highest BCUT2D eigenvalue weighted by molar-refractivity contribution is 6.99. The Hall–Kier alpha value is -3.90. The molecular formula is C39H45F3N4O3Si. The third kappa shape index (κ3) is 6.64. The molecule has 264 valence electrons. The molecule has 1 aromatic heterocycles. The first-order chi connectivity index (χ1) is 23.9. The minimum Gasteiger partial charge on any atom is -0.454 e. The molecule has 0 radical (unpaired) electrons. The molecule has 7 nitrogen and oxygen atoms in total. The molecule has 7 rings (SSSR count). The third-order valence-electron chi connectivity index (χ3n) is 10.2. The zero-order chi connectivity index (χ0) is 35.1. The highest BCUT2D eigenvalue weighted by Crippen LogP contribution is 2.46. The van der Waals surface area contributed by atoms with Gasteiger partial charge in [0.25, 0.3) is 14.2 Å². The zero-order valence-electron chi connectivity index (χ0n) is 29.0. The summed E-state index contributed by atoms with van der Waals surface area (Å²) in [5.74, 6) is -2.73. The predicted molar refractivity (Wildman–Crippen MR) is 192 cm³/mol. The van der Waals surface area contributed by atoms with E-state index >= 15 is 13.2 Å². The van der Waals surface area contributed by atoms with Crippen molar-refractivity contribution >= 4 is 24.4 Å². The number of hydrogen-bond donors (Lipinski definition) is 2. The van der Waals surface area contributed by atoms with Crippen LogP contribution in [-0.2, 0) is 10.8 Å². The Morgan fingerprint density at radius 1 is 0.980 bits per heavy atom. The number of halogens is 3. The summed E-state index contributed by atoms with van der Waals surface area (Å²) >= 11 is 0. The third-order valence-corrected chi connectivity index (χ3v) is 15.2. The minimum absolute atomic E-state index is 0.0722. The van der Waals surface area contributed by atoms with E-state index in [1.165, 1.54) is 6.07 Å². The zero-order valence-corrected chi connectivity index (χ0v) is 30.0. The van der Waals surface area contributed by atoms with E-state index in [0.29, 0.717) is 29.2 Å². The van der Waals surface area contributed by atoms with Gasteiger partial charge in [-0.2, -0.15) is 0 Å². The Bertz CT molecular complexity index is 1760. The highest BCUT2D eigenvalue weighted by Gasteiger charge is 2.52. The number of alkyl halides is 2. The van der Waals surface area contributed by atoms with E-state index in [1.54, 1.807) is 17.2 Å².